The fourth-order valence-corrected chi connectivity index (χ4v) is 10.2. The number of allylic oxidation sites excluding steroid dienone is 3. The average molecular weight is 710 g/mol. The number of carbonyl (C=O) groups excluding carboxylic acids is 1. The number of halogens is 2. The number of aliphatic hydroxyl groups is 1. The minimum Gasteiger partial charge on any atom is -0.395 e. The van der Waals surface area contributed by atoms with Crippen molar-refractivity contribution in [2.75, 3.05) is 18.1 Å². The van der Waals surface area contributed by atoms with Crippen molar-refractivity contribution in [1.82, 2.24) is 15.0 Å². The van der Waals surface area contributed by atoms with E-state index in [1.54, 1.807) is 17.8 Å². The molecule has 1 N–H and O–H groups in total. The van der Waals surface area contributed by atoms with Gasteiger partial charge in [-0.15, -0.1) is 5.10 Å². The number of hydrogen-bond donors (Lipinski definition) is 1. The van der Waals surface area contributed by atoms with E-state index < -0.39 is 25.7 Å². The van der Waals surface area contributed by atoms with Gasteiger partial charge in [0.2, 0.25) is 8.41 Å². The standard InChI is InChI=1S/C36H46BrFN4O3Si/c1-24(2)11-10-12-25(3)17-20-42-32-16-15-28(37)21-30(32)36(35(42)44)26(4)34(46(5,6)38)33(45-36)18-19-41-22-31(39-40-41)29(23-43)27-13-8-7-9-14-27/h7-9,11,13-17,21-22,26,29,33-34,43H,10,12,18-20,23H2,1-6H3/b25-17+/t26-,29?,33+,34-,36+/m0/s1. The van der Waals surface area contributed by atoms with E-state index in [-0.39, 0.29) is 24.3 Å². The van der Waals surface area contributed by atoms with Crippen LogP contribution in [0, 0.1) is 5.92 Å². The number of carbonyl (C=O) groups is 1. The molecule has 2 aromatic carbocycles. The topological polar surface area (TPSA) is 80.5 Å². The van der Waals surface area contributed by atoms with Crippen LogP contribution in [0.15, 0.2) is 82.5 Å². The summed E-state index contributed by atoms with van der Waals surface area (Å²) in [5.74, 6) is -0.766. The van der Waals surface area contributed by atoms with E-state index >= 15 is 4.11 Å². The molecule has 3 heterocycles. The van der Waals surface area contributed by atoms with Gasteiger partial charge in [0, 0.05) is 40.8 Å². The Hall–Kier alpha value is -2.92. The van der Waals surface area contributed by atoms with Crippen LogP contribution in [-0.4, -0.2) is 53.7 Å². The minimum atomic E-state index is -3.30. The van der Waals surface area contributed by atoms with Gasteiger partial charge in [0.1, 0.15) is 0 Å². The van der Waals surface area contributed by atoms with Gasteiger partial charge in [0.15, 0.2) is 5.60 Å². The van der Waals surface area contributed by atoms with Crippen LogP contribution in [-0.2, 0) is 21.7 Å². The molecule has 7 nitrogen and oxygen atoms in total. The molecular formula is C36H46BrFN4O3Si. The van der Waals surface area contributed by atoms with Gasteiger partial charge in [-0.2, -0.15) is 0 Å². The lowest BCUT2D eigenvalue weighted by atomic mass is 9.82. The number of amides is 1. The fourth-order valence-electron chi connectivity index (χ4n) is 7.31. The third kappa shape index (κ3) is 6.86. The SMILES string of the molecule is CC(C)=CCC/C(C)=C/CN1C(=O)[C@]2(O[C@H](CCn3cc(C(CO)c4ccccc4)nn3)[C@@H]([Si](C)(C)F)[C@@H]2C)c2cc(Br)ccc21. The summed E-state index contributed by atoms with van der Waals surface area (Å²) in [7, 11) is -3.30. The Morgan fingerprint density at radius 3 is 2.59 bits per heavy atom. The fraction of sp³-hybridized carbons (Fsp3) is 0.472. The van der Waals surface area contributed by atoms with Gasteiger partial charge in [-0.1, -0.05) is 81.7 Å². The number of aryl methyl sites for hydroxylation is 1. The molecule has 5 rings (SSSR count). The maximum atomic E-state index is 16.3. The number of ether oxygens (including phenoxy) is 1. The van der Waals surface area contributed by atoms with Crippen molar-refractivity contribution in [2.45, 2.75) is 89.8 Å². The molecule has 10 heteroatoms. The smallest absolute Gasteiger partial charge is 0.264 e. The van der Waals surface area contributed by atoms with Crippen molar-refractivity contribution < 1.29 is 18.7 Å². The van der Waals surface area contributed by atoms with Gasteiger partial charge in [-0.3, -0.25) is 9.48 Å². The number of hydrogen-bond acceptors (Lipinski definition) is 5. The highest BCUT2D eigenvalue weighted by Crippen LogP contribution is 2.60. The number of fused-ring (bicyclic) bond motifs is 2. The summed E-state index contributed by atoms with van der Waals surface area (Å²) in [5.41, 5.74) is 4.11. The van der Waals surface area contributed by atoms with Crippen LogP contribution in [0.3, 0.4) is 0 Å². The molecule has 1 amide bonds. The highest BCUT2D eigenvalue weighted by molar-refractivity contribution is 9.10. The summed E-state index contributed by atoms with van der Waals surface area (Å²) < 4.78 is 25.8. The molecule has 1 spiro atoms. The van der Waals surface area contributed by atoms with E-state index in [0.29, 0.717) is 25.2 Å². The molecule has 0 saturated carbocycles. The Kier molecular flexibility index (Phi) is 10.5. The van der Waals surface area contributed by atoms with Crippen LogP contribution in [0.1, 0.15) is 69.7 Å². The summed E-state index contributed by atoms with van der Waals surface area (Å²) in [6.07, 6.45) is 8.09. The Balaban J connectivity index is 1.41. The second-order valence-corrected chi connectivity index (χ2v) is 18.3. The lowest BCUT2D eigenvalue weighted by Crippen LogP contribution is -2.45. The Morgan fingerprint density at radius 1 is 1.17 bits per heavy atom. The van der Waals surface area contributed by atoms with Crippen LogP contribution in [0.25, 0.3) is 0 Å². The zero-order valence-corrected chi connectivity index (χ0v) is 30.3. The van der Waals surface area contributed by atoms with Gasteiger partial charge < -0.3 is 18.9 Å². The van der Waals surface area contributed by atoms with Crippen LogP contribution in [0.5, 0.6) is 0 Å². The quantitative estimate of drug-likeness (QED) is 0.117. The minimum absolute atomic E-state index is 0.0874. The van der Waals surface area contributed by atoms with Crippen LogP contribution in [0.2, 0.25) is 18.6 Å². The largest absolute Gasteiger partial charge is 0.395 e. The molecule has 0 radical (unpaired) electrons. The van der Waals surface area contributed by atoms with Crippen LogP contribution < -0.4 is 4.90 Å². The number of nitrogens with zero attached hydrogens (tertiary/aromatic N) is 4. The zero-order chi connectivity index (χ0) is 33.2. The van der Waals surface area contributed by atoms with Gasteiger partial charge >= 0.3 is 0 Å². The zero-order valence-electron chi connectivity index (χ0n) is 27.7. The van der Waals surface area contributed by atoms with E-state index in [9.17, 15) is 9.90 Å². The molecule has 1 unspecified atom stereocenters. The Labute approximate surface area is 281 Å². The summed E-state index contributed by atoms with van der Waals surface area (Å²) in [6.45, 7) is 12.5. The van der Waals surface area contributed by atoms with Crippen molar-refractivity contribution in [3.63, 3.8) is 0 Å². The van der Waals surface area contributed by atoms with E-state index in [0.717, 1.165) is 34.1 Å². The number of aromatic nitrogens is 3. The number of aliphatic hydroxyl groups excluding tert-OH is 1. The van der Waals surface area contributed by atoms with Crippen molar-refractivity contribution in [3.05, 3.63) is 99.3 Å². The first-order chi connectivity index (χ1) is 21.9. The Bertz CT molecular complexity index is 1600. The lowest BCUT2D eigenvalue weighted by molar-refractivity contribution is -0.145. The molecular weight excluding hydrogens is 663 g/mol. The third-order valence-corrected chi connectivity index (χ3v) is 12.5. The van der Waals surface area contributed by atoms with E-state index in [4.69, 9.17) is 4.74 Å². The van der Waals surface area contributed by atoms with E-state index in [1.807, 2.05) is 66.6 Å². The third-order valence-electron chi connectivity index (χ3n) is 9.58. The molecule has 246 valence electrons. The molecule has 2 aliphatic heterocycles. The second kappa shape index (κ2) is 14.1. The Morgan fingerprint density at radius 2 is 1.91 bits per heavy atom. The molecule has 3 aromatic rings. The first-order valence-corrected chi connectivity index (χ1v) is 19.9. The normalized spacial score (nSPS) is 23.7. The predicted molar refractivity (Wildman–Crippen MR) is 187 cm³/mol. The van der Waals surface area contributed by atoms with Crippen LogP contribution >= 0.6 is 15.9 Å². The highest BCUT2D eigenvalue weighted by atomic mass is 79.9. The molecule has 0 aliphatic carbocycles. The first-order valence-electron chi connectivity index (χ1n) is 16.2. The molecule has 5 atom stereocenters. The summed E-state index contributed by atoms with van der Waals surface area (Å²) >= 11 is 3.62. The van der Waals surface area contributed by atoms with Crippen molar-refractivity contribution in [3.8, 4) is 0 Å². The average Bonchev–Trinajstić information content (AvgIpc) is 3.65. The second-order valence-electron chi connectivity index (χ2n) is 13.6. The number of benzene rings is 2. The highest BCUT2D eigenvalue weighted by Gasteiger charge is 2.66. The van der Waals surface area contributed by atoms with Crippen molar-refractivity contribution >= 4 is 35.9 Å². The number of rotatable bonds is 12. The maximum Gasteiger partial charge on any atom is 0.264 e. The molecule has 1 fully saturated rings. The van der Waals surface area contributed by atoms with E-state index in [2.05, 4.69) is 59.2 Å². The number of anilines is 1. The van der Waals surface area contributed by atoms with Crippen molar-refractivity contribution in [2.24, 2.45) is 5.92 Å². The van der Waals surface area contributed by atoms with E-state index in [1.165, 1.54) is 11.1 Å². The summed E-state index contributed by atoms with van der Waals surface area (Å²) in [4.78, 5) is 16.4. The van der Waals surface area contributed by atoms with Gasteiger partial charge in [-0.05, 0) is 76.9 Å². The monoisotopic (exact) mass is 708 g/mol. The van der Waals surface area contributed by atoms with Gasteiger partial charge in [0.05, 0.1) is 30.0 Å². The van der Waals surface area contributed by atoms with Crippen LogP contribution in [0.4, 0.5) is 9.80 Å². The first kappa shape index (κ1) is 34.4. The van der Waals surface area contributed by atoms with Gasteiger partial charge in [-0.25, -0.2) is 0 Å². The summed E-state index contributed by atoms with van der Waals surface area (Å²) in [6, 6.07) is 15.6. The maximum absolute atomic E-state index is 16.3. The lowest BCUT2D eigenvalue weighted by Gasteiger charge is -2.31. The van der Waals surface area contributed by atoms with Crippen molar-refractivity contribution in [1.29, 1.82) is 0 Å². The molecule has 2 aliphatic rings. The molecule has 1 aromatic heterocycles. The van der Waals surface area contributed by atoms with Gasteiger partial charge in [0.25, 0.3) is 5.91 Å². The molecule has 46 heavy (non-hydrogen) atoms. The molecule has 0 bridgehead atoms. The summed E-state index contributed by atoms with van der Waals surface area (Å²) in [5, 5.41) is 18.8. The predicted octanol–water partition coefficient (Wildman–Crippen LogP) is 8.07. The molecule has 1 saturated heterocycles.